The largest absolute Gasteiger partial charge is 0.352 e. The first kappa shape index (κ1) is 20.2. The number of aliphatic imine (C=N–C) groups is 1. The van der Waals surface area contributed by atoms with Gasteiger partial charge in [-0.15, -0.1) is 24.0 Å². The molecule has 0 amide bonds. The molecular formula is C18H31IN4. The second-order valence-electron chi connectivity index (χ2n) is 6.62. The minimum atomic E-state index is 0. The molecule has 23 heavy (non-hydrogen) atoms. The summed E-state index contributed by atoms with van der Waals surface area (Å²) in [6.45, 7) is 6.39. The fourth-order valence-electron chi connectivity index (χ4n) is 2.86. The Kier molecular flexibility index (Phi) is 8.91. The predicted molar refractivity (Wildman–Crippen MR) is 109 cm³/mol. The fraction of sp³-hybridized carbons (Fsp3) is 0.611. The average molecular weight is 430 g/mol. The maximum atomic E-state index is 4.43. The lowest BCUT2D eigenvalue weighted by molar-refractivity contribution is 0.273. The summed E-state index contributed by atoms with van der Waals surface area (Å²) in [5.74, 6) is 1.88. The summed E-state index contributed by atoms with van der Waals surface area (Å²) in [5.41, 5.74) is 2.65. The van der Waals surface area contributed by atoms with E-state index in [4.69, 9.17) is 0 Å². The van der Waals surface area contributed by atoms with Crippen LogP contribution in [0.3, 0.4) is 0 Å². The number of nitrogens with zero attached hydrogens (tertiary/aromatic N) is 3. The van der Waals surface area contributed by atoms with Crippen molar-refractivity contribution in [1.82, 2.24) is 15.1 Å². The van der Waals surface area contributed by atoms with Crippen molar-refractivity contribution < 1.29 is 0 Å². The average Bonchev–Trinajstić information content (AvgIpc) is 2.50. The Morgan fingerprint density at radius 2 is 1.74 bits per heavy atom. The van der Waals surface area contributed by atoms with E-state index in [1.807, 2.05) is 7.05 Å². The van der Waals surface area contributed by atoms with Crippen LogP contribution >= 0.6 is 24.0 Å². The van der Waals surface area contributed by atoms with Crippen LogP contribution in [-0.2, 0) is 13.1 Å². The van der Waals surface area contributed by atoms with Gasteiger partial charge in [-0.3, -0.25) is 4.99 Å². The van der Waals surface area contributed by atoms with Crippen LogP contribution in [-0.4, -0.2) is 50.0 Å². The van der Waals surface area contributed by atoms with Crippen molar-refractivity contribution in [3.63, 3.8) is 0 Å². The Bertz CT molecular complexity index is 476. The minimum Gasteiger partial charge on any atom is -0.352 e. The Hall–Kier alpha value is -0.820. The zero-order valence-corrected chi connectivity index (χ0v) is 17.2. The maximum Gasteiger partial charge on any atom is 0.193 e. The van der Waals surface area contributed by atoms with E-state index in [1.54, 1.807) is 0 Å². The molecule has 0 bridgehead atoms. The topological polar surface area (TPSA) is 30.9 Å². The number of piperidine rings is 1. The van der Waals surface area contributed by atoms with E-state index in [9.17, 15) is 0 Å². The highest BCUT2D eigenvalue weighted by Crippen LogP contribution is 2.16. The Labute approximate surface area is 158 Å². The molecule has 0 atom stereocenters. The summed E-state index contributed by atoms with van der Waals surface area (Å²) in [6, 6.07) is 8.83. The molecule has 1 aliphatic rings. The number of benzene rings is 1. The van der Waals surface area contributed by atoms with Crippen LogP contribution in [0.5, 0.6) is 0 Å². The summed E-state index contributed by atoms with van der Waals surface area (Å²) in [6.07, 6.45) is 2.53. The number of guanidine groups is 1. The number of hydrogen-bond acceptors (Lipinski definition) is 2. The molecule has 1 heterocycles. The van der Waals surface area contributed by atoms with Crippen molar-refractivity contribution in [3.05, 3.63) is 35.4 Å². The SMILES string of the molecule is CN=C(NCc1ccc(CN(C)C)cc1)N1CCC(C)CC1.I. The summed E-state index contributed by atoms with van der Waals surface area (Å²) in [4.78, 5) is 9.00. The van der Waals surface area contributed by atoms with Gasteiger partial charge in [0.05, 0.1) is 0 Å². The van der Waals surface area contributed by atoms with Crippen molar-refractivity contribution in [2.24, 2.45) is 10.9 Å². The van der Waals surface area contributed by atoms with Gasteiger partial charge in [0.25, 0.3) is 0 Å². The summed E-state index contributed by atoms with van der Waals surface area (Å²) >= 11 is 0. The number of nitrogens with one attached hydrogen (secondary N) is 1. The fourth-order valence-corrected chi connectivity index (χ4v) is 2.86. The molecule has 4 nitrogen and oxygen atoms in total. The molecule has 5 heteroatoms. The van der Waals surface area contributed by atoms with Crippen LogP contribution in [0.15, 0.2) is 29.3 Å². The first-order valence-electron chi connectivity index (χ1n) is 8.26. The number of rotatable bonds is 4. The molecule has 130 valence electrons. The second kappa shape index (κ2) is 10.1. The molecule has 1 fully saturated rings. The summed E-state index contributed by atoms with van der Waals surface area (Å²) in [5, 5.41) is 3.50. The Morgan fingerprint density at radius 1 is 1.17 bits per heavy atom. The lowest BCUT2D eigenvalue weighted by Crippen LogP contribution is -2.45. The zero-order chi connectivity index (χ0) is 15.9. The molecule has 1 aromatic rings. The summed E-state index contributed by atoms with van der Waals surface area (Å²) < 4.78 is 0. The van der Waals surface area contributed by atoms with Gasteiger partial charge in [0, 0.05) is 33.2 Å². The first-order valence-corrected chi connectivity index (χ1v) is 8.26. The molecule has 0 unspecified atom stereocenters. The molecule has 0 spiro atoms. The molecular weight excluding hydrogens is 399 g/mol. The van der Waals surface area contributed by atoms with Gasteiger partial charge in [-0.25, -0.2) is 0 Å². The van der Waals surface area contributed by atoms with Gasteiger partial charge in [-0.05, 0) is 44.0 Å². The first-order chi connectivity index (χ1) is 10.6. The second-order valence-corrected chi connectivity index (χ2v) is 6.62. The molecule has 1 aliphatic heterocycles. The quantitative estimate of drug-likeness (QED) is 0.452. The maximum absolute atomic E-state index is 4.43. The minimum absolute atomic E-state index is 0. The normalized spacial score (nSPS) is 16.4. The van der Waals surface area contributed by atoms with Crippen molar-refractivity contribution >= 4 is 29.9 Å². The van der Waals surface area contributed by atoms with E-state index >= 15 is 0 Å². The monoisotopic (exact) mass is 430 g/mol. The number of halogens is 1. The van der Waals surface area contributed by atoms with E-state index in [0.29, 0.717) is 0 Å². The van der Waals surface area contributed by atoms with Crippen LogP contribution in [0.25, 0.3) is 0 Å². The summed E-state index contributed by atoms with van der Waals surface area (Å²) in [7, 11) is 6.07. The van der Waals surface area contributed by atoms with Crippen molar-refractivity contribution in [3.8, 4) is 0 Å². The van der Waals surface area contributed by atoms with Crippen molar-refractivity contribution in [1.29, 1.82) is 0 Å². The highest BCUT2D eigenvalue weighted by molar-refractivity contribution is 14.0. The molecule has 1 saturated heterocycles. The van der Waals surface area contributed by atoms with Gasteiger partial charge >= 0.3 is 0 Å². The van der Waals surface area contributed by atoms with E-state index in [1.165, 1.54) is 24.0 Å². The Morgan fingerprint density at radius 3 is 2.26 bits per heavy atom. The molecule has 0 aromatic heterocycles. The molecule has 0 radical (unpaired) electrons. The highest BCUT2D eigenvalue weighted by Gasteiger charge is 2.18. The van der Waals surface area contributed by atoms with E-state index in [0.717, 1.165) is 38.1 Å². The third-order valence-electron chi connectivity index (χ3n) is 4.27. The van der Waals surface area contributed by atoms with Crippen LogP contribution in [0.1, 0.15) is 30.9 Å². The molecule has 2 rings (SSSR count). The zero-order valence-electron chi connectivity index (χ0n) is 14.9. The number of likely N-dealkylation sites (tertiary alicyclic amines) is 1. The standard InChI is InChI=1S/C18H30N4.HI/c1-15-9-11-22(12-10-15)18(19-2)20-13-16-5-7-17(8-6-16)14-21(3)4;/h5-8,15H,9-14H2,1-4H3,(H,19,20);1H. The van der Waals surface area contributed by atoms with E-state index in [2.05, 4.69) is 65.4 Å². The third-order valence-corrected chi connectivity index (χ3v) is 4.27. The molecule has 0 saturated carbocycles. The van der Waals surface area contributed by atoms with Crippen molar-refractivity contribution in [2.75, 3.05) is 34.2 Å². The van der Waals surface area contributed by atoms with Crippen LogP contribution in [0.2, 0.25) is 0 Å². The van der Waals surface area contributed by atoms with Gasteiger partial charge in [0.2, 0.25) is 0 Å². The van der Waals surface area contributed by atoms with Gasteiger partial charge in [0.15, 0.2) is 5.96 Å². The lowest BCUT2D eigenvalue weighted by Gasteiger charge is -2.32. The van der Waals surface area contributed by atoms with Crippen molar-refractivity contribution in [2.45, 2.75) is 32.9 Å². The predicted octanol–water partition coefficient (Wildman–Crippen LogP) is 3.17. The highest BCUT2D eigenvalue weighted by atomic mass is 127. The molecule has 0 aliphatic carbocycles. The van der Waals surface area contributed by atoms with Gasteiger partial charge in [-0.2, -0.15) is 0 Å². The third kappa shape index (κ3) is 6.67. The number of hydrogen-bond donors (Lipinski definition) is 1. The van der Waals surface area contributed by atoms with Crippen LogP contribution in [0.4, 0.5) is 0 Å². The van der Waals surface area contributed by atoms with Gasteiger partial charge in [-0.1, -0.05) is 31.2 Å². The lowest BCUT2D eigenvalue weighted by atomic mass is 9.99. The smallest absolute Gasteiger partial charge is 0.193 e. The molecule has 1 aromatic carbocycles. The van der Waals surface area contributed by atoms with Gasteiger partial charge < -0.3 is 15.1 Å². The Balaban J connectivity index is 0.00000264. The van der Waals surface area contributed by atoms with E-state index in [-0.39, 0.29) is 24.0 Å². The van der Waals surface area contributed by atoms with Crippen LogP contribution in [0, 0.1) is 5.92 Å². The van der Waals surface area contributed by atoms with E-state index < -0.39 is 0 Å². The molecule has 1 N–H and O–H groups in total. The van der Waals surface area contributed by atoms with Gasteiger partial charge in [0.1, 0.15) is 0 Å². The van der Waals surface area contributed by atoms with Crippen LogP contribution < -0.4 is 5.32 Å².